The predicted octanol–water partition coefficient (Wildman–Crippen LogP) is 1.20. The van der Waals surface area contributed by atoms with E-state index >= 15 is 0 Å². The third kappa shape index (κ3) is 0.849. The van der Waals surface area contributed by atoms with Crippen LogP contribution in [0.1, 0.15) is 5.56 Å². The molecule has 0 aliphatic rings. The minimum absolute atomic E-state index is 0.587. The van der Waals surface area contributed by atoms with Gasteiger partial charge in [0.1, 0.15) is 0 Å². The summed E-state index contributed by atoms with van der Waals surface area (Å²) in [5.74, 6) is 2.46. The van der Waals surface area contributed by atoms with E-state index in [9.17, 15) is 0 Å². The molecule has 0 aromatic carbocycles. The van der Waals surface area contributed by atoms with Crippen molar-refractivity contribution in [3.8, 4) is 12.3 Å². The Labute approximate surface area is 63.1 Å². The van der Waals surface area contributed by atoms with Gasteiger partial charge in [-0.25, -0.2) is 4.98 Å². The zero-order valence-electron chi connectivity index (χ0n) is 5.61. The first kappa shape index (κ1) is 5.93. The lowest BCUT2D eigenvalue weighted by molar-refractivity contribution is 0.602. The van der Waals surface area contributed by atoms with Gasteiger partial charge < -0.3 is 4.42 Å². The number of aromatic nitrogens is 2. The Morgan fingerprint density at radius 2 is 2.36 bits per heavy atom. The average molecular weight is 144 g/mol. The lowest BCUT2D eigenvalue weighted by Crippen LogP contribution is -1.78. The molecular weight excluding hydrogens is 140 g/mol. The maximum absolute atomic E-state index is 5.16. The highest BCUT2D eigenvalue weighted by molar-refractivity contribution is 5.68. The van der Waals surface area contributed by atoms with Crippen LogP contribution in [0.3, 0.4) is 0 Å². The highest BCUT2D eigenvalue weighted by atomic mass is 16.3. The number of terminal acetylenes is 1. The second kappa shape index (κ2) is 2.10. The highest BCUT2D eigenvalue weighted by Crippen LogP contribution is 2.09. The van der Waals surface area contributed by atoms with E-state index in [4.69, 9.17) is 10.8 Å². The van der Waals surface area contributed by atoms with Gasteiger partial charge in [-0.15, -0.1) is 6.42 Å². The molecule has 0 spiro atoms. The fraction of sp³-hybridized carbons (Fsp3) is 0. The molecular formula is C8H4N2O. The first-order valence-corrected chi connectivity index (χ1v) is 3.06. The summed E-state index contributed by atoms with van der Waals surface area (Å²) < 4.78 is 4.99. The van der Waals surface area contributed by atoms with Crippen molar-refractivity contribution in [2.75, 3.05) is 0 Å². The number of nitrogens with zero attached hydrogens (tertiary/aromatic N) is 2. The average Bonchev–Trinajstić information content (AvgIpc) is 2.50. The third-order valence-corrected chi connectivity index (χ3v) is 1.35. The van der Waals surface area contributed by atoms with Gasteiger partial charge in [0, 0.05) is 17.8 Å². The molecule has 2 rings (SSSR count). The van der Waals surface area contributed by atoms with Crippen LogP contribution in [-0.4, -0.2) is 9.97 Å². The molecule has 2 heterocycles. The SMILES string of the molecule is C#Cc1cnc2ncoc2c1. The molecule has 0 radical (unpaired) electrons. The van der Waals surface area contributed by atoms with Crippen molar-refractivity contribution in [1.29, 1.82) is 0 Å². The molecule has 0 saturated carbocycles. The quantitative estimate of drug-likeness (QED) is 0.521. The molecule has 0 unspecified atom stereocenters. The minimum atomic E-state index is 0.587. The number of hydrogen-bond donors (Lipinski definition) is 0. The lowest BCUT2D eigenvalue weighted by Gasteiger charge is -1.86. The van der Waals surface area contributed by atoms with Crippen molar-refractivity contribution in [2.24, 2.45) is 0 Å². The molecule has 0 aliphatic heterocycles. The summed E-state index contributed by atoms with van der Waals surface area (Å²) in [7, 11) is 0. The minimum Gasteiger partial charge on any atom is -0.442 e. The van der Waals surface area contributed by atoms with Gasteiger partial charge in [-0.2, -0.15) is 4.98 Å². The van der Waals surface area contributed by atoms with Crippen LogP contribution in [-0.2, 0) is 0 Å². The molecule has 0 amide bonds. The second-order valence-corrected chi connectivity index (χ2v) is 2.04. The fourth-order valence-corrected chi connectivity index (χ4v) is 0.833. The largest absolute Gasteiger partial charge is 0.442 e. The lowest BCUT2D eigenvalue weighted by atomic mass is 10.3. The van der Waals surface area contributed by atoms with Gasteiger partial charge in [0.15, 0.2) is 17.6 Å². The van der Waals surface area contributed by atoms with Crippen LogP contribution in [0, 0.1) is 12.3 Å². The van der Waals surface area contributed by atoms with Crippen LogP contribution in [0.4, 0.5) is 0 Å². The number of oxazole rings is 1. The van der Waals surface area contributed by atoms with E-state index in [1.54, 1.807) is 12.3 Å². The van der Waals surface area contributed by atoms with Gasteiger partial charge in [-0.05, 0) is 0 Å². The van der Waals surface area contributed by atoms with Crippen LogP contribution in [0.25, 0.3) is 11.2 Å². The maximum Gasteiger partial charge on any atom is 0.198 e. The van der Waals surface area contributed by atoms with E-state index in [1.165, 1.54) is 6.39 Å². The van der Waals surface area contributed by atoms with Crippen molar-refractivity contribution >= 4 is 11.2 Å². The van der Waals surface area contributed by atoms with E-state index in [0.29, 0.717) is 16.8 Å². The summed E-state index contributed by atoms with van der Waals surface area (Å²) in [5, 5.41) is 0. The second-order valence-electron chi connectivity index (χ2n) is 2.04. The van der Waals surface area contributed by atoms with E-state index < -0.39 is 0 Å². The monoisotopic (exact) mass is 144 g/mol. The summed E-state index contributed by atoms with van der Waals surface area (Å²) >= 11 is 0. The Bertz CT molecular complexity index is 425. The molecule has 3 nitrogen and oxygen atoms in total. The topological polar surface area (TPSA) is 38.9 Å². The fourth-order valence-electron chi connectivity index (χ4n) is 0.833. The maximum atomic E-state index is 5.16. The molecule has 0 bridgehead atoms. The molecule has 11 heavy (non-hydrogen) atoms. The predicted molar refractivity (Wildman–Crippen MR) is 39.7 cm³/mol. The summed E-state index contributed by atoms with van der Waals surface area (Å²) in [4.78, 5) is 7.81. The summed E-state index contributed by atoms with van der Waals surface area (Å²) in [6.45, 7) is 0. The van der Waals surface area contributed by atoms with Crippen LogP contribution < -0.4 is 0 Å². The van der Waals surface area contributed by atoms with Gasteiger partial charge in [-0.3, -0.25) is 0 Å². The van der Waals surface area contributed by atoms with Gasteiger partial charge in [0.2, 0.25) is 0 Å². The van der Waals surface area contributed by atoms with Crippen LogP contribution in [0.15, 0.2) is 23.1 Å². The molecule has 0 aliphatic carbocycles. The highest BCUT2D eigenvalue weighted by Gasteiger charge is 1.98. The van der Waals surface area contributed by atoms with Crippen LogP contribution in [0.2, 0.25) is 0 Å². The number of hydrogen-bond acceptors (Lipinski definition) is 3. The molecule has 2 aromatic heterocycles. The Balaban J connectivity index is 2.79. The molecule has 0 fully saturated rings. The molecule has 0 N–H and O–H groups in total. The summed E-state index contributed by atoms with van der Waals surface area (Å²) in [5.41, 5.74) is 1.92. The Hall–Kier alpha value is -1.82. The van der Waals surface area contributed by atoms with Gasteiger partial charge >= 0.3 is 0 Å². The Kier molecular flexibility index (Phi) is 1.13. The number of pyridine rings is 1. The molecule has 52 valence electrons. The van der Waals surface area contributed by atoms with Gasteiger partial charge in [0.05, 0.1) is 0 Å². The number of rotatable bonds is 0. The number of fused-ring (bicyclic) bond motifs is 1. The van der Waals surface area contributed by atoms with Gasteiger partial charge in [-0.1, -0.05) is 5.92 Å². The normalized spacial score (nSPS) is 9.73. The van der Waals surface area contributed by atoms with Crippen molar-refractivity contribution in [1.82, 2.24) is 9.97 Å². The zero-order chi connectivity index (χ0) is 7.68. The molecule has 3 heteroatoms. The summed E-state index contributed by atoms with van der Waals surface area (Å²) in [6, 6.07) is 1.73. The van der Waals surface area contributed by atoms with Crippen LogP contribution >= 0.6 is 0 Å². The first-order valence-electron chi connectivity index (χ1n) is 3.06. The molecule has 0 saturated heterocycles. The Morgan fingerprint density at radius 1 is 1.45 bits per heavy atom. The zero-order valence-corrected chi connectivity index (χ0v) is 5.61. The van der Waals surface area contributed by atoms with Crippen molar-refractivity contribution in [2.45, 2.75) is 0 Å². The van der Waals surface area contributed by atoms with E-state index in [0.717, 1.165) is 0 Å². The first-order chi connectivity index (χ1) is 5.40. The van der Waals surface area contributed by atoms with E-state index in [1.807, 2.05) is 0 Å². The van der Waals surface area contributed by atoms with Gasteiger partial charge in [0.25, 0.3) is 0 Å². The van der Waals surface area contributed by atoms with E-state index in [2.05, 4.69) is 15.9 Å². The Morgan fingerprint density at radius 3 is 3.18 bits per heavy atom. The standard InChI is InChI=1S/C8H4N2O/c1-2-6-3-7-8(9-4-6)10-5-11-7/h1,3-5H. The van der Waals surface area contributed by atoms with Crippen LogP contribution in [0.5, 0.6) is 0 Å². The van der Waals surface area contributed by atoms with Crippen molar-refractivity contribution in [3.63, 3.8) is 0 Å². The molecule has 0 atom stereocenters. The molecule has 2 aromatic rings. The third-order valence-electron chi connectivity index (χ3n) is 1.35. The van der Waals surface area contributed by atoms with E-state index in [-0.39, 0.29) is 0 Å². The van der Waals surface area contributed by atoms with Crippen molar-refractivity contribution < 1.29 is 4.42 Å². The summed E-state index contributed by atoms with van der Waals surface area (Å²) in [6.07, 6.45) is 8.09. The van der Waals surface area contributed by atoms with Crippen molar-refractivity contribution in [3.05, 3.63) is 24.2 Å². The smallest absolute Gasteiger partial charge is 0.198 e.